The number of amides is 1. The highest BCUT2D eigenvalue weighted by molar-refractivity contribution is 5.75. The quantitative estimate of drug-likeness (QED) is 0.557. The first-order chi connectivity index (χ1) is 6.77. The second-order valence-electron chi connectivity index (χ2n) is 3.22. The molecule has 0 heterocycles. The van der Waals surface area contributed by atoms with Gasteiger partial charge in [-0.1, -0.05) is 19.4 Å². The van der Waals surface area contributed by atoms with E-state index in [4.69, 9.17) is 0 Å². The number of carbonyl (C=O) groups excluding carboxylic acids is 1. The Labute approximate surface area is 83.8 Å². The van der Waals surface area contributed by atoms with Crippen LogP contribution in [0.5, 0.6) is 5.75 Å². The summed E-state index contributed by atoms with van der Waals surface area (Å²) in [4.78, 5) is 10.2. The monoisotopic (exact) mass is 193 g/mol. The zero-order chi connectivity index (χ0) is 10.4. The standard InChI is InChI=1S/C11H15NO2/c1-2-3-4-9-5-6-11(14)10(7-9)12-8-13/h5-8,14H,2-4H2,1H3,(H,12,13). The Morgan fingerprint density at radius 1 is 1.50 bits per heavy atom. The molecule has 3 heteroatoms. The van der Waals surface area contributed by atoms with Gasteiger partial charge in [-0.25, -0.2) is 0 Å². The van der Waals surface area contributed by atoms with E-state index in [0.717, 1.165) is 24.8 Å². The lowest BCUT2D eigenvalue weighted by molar-refractivity contribution is -0.105. The Kier molecular flexibility index (Phi) is 3.98. The number of carbonyl (C=O) groups is 1. The van der Waals surface area contributed by atoms with Gasteiger partial charge < -0.3 is 10.4 Å². The number of anilines is 1. The van der Waals surface area contributed by atoms with Crippen LogP contribution in [0, 0.1) is 0 Å². The molecular formula is C11H15NO2. The fraction of sp³-hybridized carbons (Fsp3) is 0.364. The zero-order valence-electron chi connectivity index (χ0n) is 8.29. The number of benzene rings is 1. The van der Waals surface area contributed by atoms with Gasteiger partial charge in [0.05, 0.1) is 5.69 Å². The van der Waals surface area contributed by atoms with Crippen molar-refractivity contribution in [3.63, 3.8) is 0 Å². The van der Waals surface area contributed by atoms with Crippen molar-refractivity contribution in [1.82, 2.24) is 0 Å². The molecule has 2 N–H and O–H groups in total. The van der Waals surface area contributed by atoms with Crippen LogP contribution in [0.25, 0.3) is 0 Å². The van der Waals surface area contributed by atoms with Crippen LogP contribution in [0.2, 0.25) is 0 Å². The molecule has 0 spiro atoms. The molecule has 3 nitrogen and oxygen atoms in total. The van der Waals surface area contributed by atoms with E-state index in [9.17, 15) is 9.90 Å². The molecule has 0 unspecified atom stereocenters. The Morgan fingerprint density at radius 2 is 2.29 bits per heavy atom. The highest BCUT2D eigenvalue weighted by atomic mass is 16.3. The van der Waals surface area contributed by atoms with E-state index in [2.05, 4.69) is 12.2 Å². The summed E-state index contributed by atoms with van der Waals surface area (Å²) in [5.74, 6) is 0.109. The van der Waals surface area contributed by atoms with Crippen molar-refractivity contribution in [3.05, 3.63) is 23.8 Å². The van der Waals surface area contributed by atoms with E-state index in [0.29, 0.717) is 12.1 Å². The Hall–Kier alpha value is -1.51. The van der Waals surface area contributed by atoms with Gasteiger partial charge in [-0.05, 0) is 30.5 Å². The molecule has 14 heavy (non-hydrogen) atoms. The lowest BCUT2D eigenvalue weighted by Crippen LogP contribution is -1.95. The average Bonchev–Trinajstić information content (AvgIpc) is 2.19. The van der Waals surface area contributed by atoms with Crippen molar-refractivity contribution in [2.24, 2.45) is 0 Å². The van der Waals surface area contributed by atoms with Crippen LogP contribution < -0.4 is 5.32 Å². The summed E-state index contributed by atoms with van der Waals surface area (Å²) in [7, 11) is 0. The molecule has 0 saturated carbocycles. The van der Waals surface area contributed by atoms with Gasteiger partial charge in [0, 0.05) is 0 Å². The molecule has 0 fully saturated rings. The largest absolute Gasteiger partial charge is 0.506 e. The second-order valence-corrected chi connectivity index (χ2v) is 3.22. The van der Waals surface area contributed by atoms with Gasteiger partial charge in [0.15, 0.2) is 0 Å². The number of hydrogen-bond donors (Lipinski definition) is 2. The number of unbranched alkanes of at least 4 members (excludes halogenated alkanes) is 1. The lowest BCUT2D eigenvalue weighted by atomic mass is 10.1. The number of phenols is 1. The number of nitrogens with one attached hydrogen (secondary N) is 1. The molecule has 0 aliphatic rings. The summed E-state index contributed by atoms with van der Waals surface area (Å²) in [6.07, 6.45) is 3.80. The summed E-state index contributed by atoms with van der Waals surface area (Å²) < 4.78 is 0. The second kappa shape index (κ2) is 5.27. The van der Waals surface area contributed by atoms with Crippen LogP contribution in [0.15, 0.2) is 18.2 Å². The van der Waals surface area contributed by atoms with Crippen LogP contribution in [-0.4, -0.2) is 11.5 Å². The molecule has 0 aliphatic carbocycles. The molecule has 1 aromatic carbocycles. The lowest BCUT2D eigenvalue weighted by Gasteiger charge is -2.05. The van der Waals surface area contributed by atoms with E-state index in [-0.39, 0.29) is 5.75 Å². The van der Waals surface area contributed by atoms with Gasteiger partial charge in [-0.3, -0.25) is 4.79 Å². The van der Waals surface area contributed by atoms with Crippen molar-refractivity contribution >= 4 is 12.1 Å². The number of hydrogen-bond acceptors (Lipinski definition) is 2. The smallest absolute Gasteiger partial charge is 0.211 e. The third-order valence-electron chi connectivity index (χ3n) is 2.09. The molecule has 1 rings (SSSR count). The predicted molar refractivity (Wildman–Crippen MR) is 56.4 cm³/mol. The van der Waals surface area contributed by atoms with Gasteiger partial charge in [-0.15, -0.1) is 0 Å². The summed E-state index contributed by atoms with van der Waals surface area (Å²) >= 11 is 0. The van der Waals surface area contributed by atoms with Gasteiger partial charge in [0.2, 0.25) is 6.41 Å². The fourth-order valence-corrected chi connectivity index (χ4v) is 1.30. The van der Waals surface area contributed by atoms with Gasteiger partial charge in [-0.2, -0.15) is 0 Å². The highest BCUT2D eigenvalue weighted by Gasteiger charge is 2.01. The molecule has 0 aromatic heterocycles. The molecule has 76 valence electrons. The minimum absolute atomic E-state index is 0.109. The van der Waals surface area contributed by atoms with Crippen molar-refractivity contribution in [2.45, 2.75) is 26.2 Å². The topological polar surface area (TPSA) is 49.3 Å². The number of aromatic hydroxyl groups is 1. The van der Waals surface area contributed by atoms with E-state index in [1.165, 1.54) is 0 Å². The first kappa shape index (κ1) is 10.6. The summed E-state index contributed by atoms with van der Waals surface area (Å²) in [5, 5.41) is 11.8. The third kappa shape index (κ3) is 2.76. The summed E-state index contributed by atoms with van der Waals surface area (Å²) in [6.45, 7) is 2.13. The molecule has 0 atom stereocenters. The number of aryl methyl sites for hydroxylation is 1. The van der Waals surface area contributed by atoms with E-state index >= 15 is 0 Å². The number of phenolic OH excluding ortho intramolecular Hbond substituents is 1. The first-order valence-corrected chi connectivity index (χ1v) is 4.80. The van der Waals surface area contributed by atoms with Crippen LogP contribution in [-0.2, 0) is 11.2 Å². The minimum atomic E-state index is 0.109. The van der Waals surface area contributed by atoms with Crippen LogP contribution in [0.3, 0.4) is 0 Å². The Bertz CT molecular complexity index is 310. The zero-order valence-corrected chi connectivity index (χ0v) is 8.29. The van der Waals surface area contributed by atoms with Crippen molar-refractivity contribution in [3.8, 4) is 5.75 Å². The van der Waals surface area contributed by atoms with Crippen molar-refractivity contribution in [2.75, 3.05) is 5.32 Å². The Balaban J connectivity index is 2.77. The maximum Gasteiger partial charge on any atom is 0.211 e. The van der Waals surface area contributed by atoms with Crippen LogP contribution >= 0.6 is 0 Å². The van der Waals surface area contributed by atoms with E-state index in [1.54, 1.807) is 12.1 Å². The van der Waals surface area contributed by atoms with Crippen LogP contribution in [0.1, 0.15) is 25.3 Å². The molecule has 0 radical (unpaired) electrons. The predicted octanol–water partition coefficient (Wildman–Crippen LogP) is 2.30. The first-order valence-electron chi connectivity index (χ1n) is 4.80. The summed E-state index contributed by atoms with van der Waals surface area (Å²) in [6, 6.07) is 5.29. The van der Waals surface area contributed by atoms with Crippen molar-refractivity contribution < 1.29 is 9.90 Å². The molecule has 0 saturated heterocycles. The highest BCUT2D eigenvalue weighted by Crippen LogP contribution is 2.24. The molecule has 1 aromatic rings. The maximum absolute atomic E-state index is 10.2. The SMILES string of the molecule is CCCCc1ccc(O)c(NC=O)c1. The average molecular weight is 193 g/mol. The van der Waals surface area contributed by atoms with Crippen molar-refractivity contribution in [1.29, 1.82) is 0 Å². The minimum Gasteiger partial charge on any atom is -0.506 e. The van der Waals surface area contributed by atoms with Gasteiger partial charge in [0.1, 0.15) is 5.75 Å². The van der Waals surface area contributed by atoms with Gasteiger partial charge >= 0.3 is 0 Å². The van der Waals surface area contributed by atoms with Crippen LogP contribution in [0.4, 0.5) is 5.69 Å². The number of rotatable bonds is 5. The van der Waals surface area contributed by atoms with E-state index in [1.807, 2.05) is 6.07 Å². The molecule has 1 amide bonds. The third-order valence-corrected chi connectivity index (χ3v) is 2.09. The molecule has 0 aliphatic heterocycles. The normalized spacial score (nSPS) is 9.79. The Morgan fingerprint density at radius 3 is 2.93 bits per heavy atom. The van der Waals surface area contributed by atoms with Gasteiger partial charge in [0.25, 0.3) is 0 Å². The maximum atomic E-state index is 10.2. The fourth-order valence-electron chi connectivity index (χ4n) is 1.30. The molecule has 0 bridgehead atoms. The molecular weight excluding hydrogens is 178 g/mol. The summed E-state index contributed by atoms with van der Waals surface area (Å²) in [5.41, 5.74) is 1.61. The van der Waals surface area contributed by atoms with E-state index < -0.39 is 0 Å².